The molecule has 0 unspecified atom stereocenters. The molecule has 0 radical (unpaired) electrons. The second-order valence-electron chi connectivity index (χ2n) is 2.70. The van der Waals surface area contributed by atoms with Crippen LogP contribution < -0.4 is 5.73 Å². The first-order valence-corrected chi connectivity index (χ1v) is 3.57. The van der Waals surface area contributed by atoms with Gasteiger partial charge in [0.25, 0.3) is 0 Å². The van der Waals surface area contributed by atoms with Gasteiger partial charge in [0, 0.05) is 0 Å². The highest BCUT2D eigenvalue weighted by Gasteiger charge is 2.18. The van der Waals surface area contributed by atoms with Gasteiger partial charge in [-0.15, -0.1) is 0 Å². The largest absolute Gasteiger partial charge is 0.480 e. The van der Waals surface area contributed by atoms with E-state index in [4.69, 9.17) is 15.3 Å². The van der Waals surface area contributed by atoms with Gasteiger partial charge in [0.05, 0.1) is 0 Å². The first-order valence-electron chi connectivity index (χ1n) is 3.57. The van der Waals surface area contributed by atoms with E-state index in [-0.39, 0.29) is 0 Å². The Hall–Kier alpha value is -1.29. The van der Waals surface area contributed by atoms with Crippen molar-refractivity contribution in [3.05, 3.63) is 23.2 Å². The lowest BCUT2D eigenvalue weighted by atomic mass is 10.2. The molecule has 0 saturated heterocycles. The predicted octanol–water partition coefficient (Wildman–Crippen LogP) is 0.981. The summed E-state index contributed by atoms with van der Waals surface area (Å²) in [6, 6.07) is 0.589. The summed E-state index contributed by atoms with van der Waals surface area (Å²) in [5.74, 6) is -0.0667. The standard InChI is InChI=1S/C8H11NO3/c1-4-3-6(12-5(4)2)7(9)8(10)11/h3,7H,9H2,1-2H3,(H,10,11)/t7-/m0/s1. The number of hydrogen-bond acceptors (Lipinski definition) is 3. The minimum Gasteiger partial charge on any atom is -0.480 e. The zero-order valence-corrected chi connectivity index (χ0v) is 7.00. The van der Waals surface area contributed by atoms with Crippen molar-refractivity contribution >= 4 is 5.97 Å². The fourth-order valence-corrected chi connectivity index (χ4v) is 0.877. The highest BCUT2D eigenvalue weighted by molar-refractivity contribution is 5.74. The Kier molecular flexibility index (Phi) is 2.19. The van der Waals surface area contributed by atoms with Gasteiger partial charge < -0.3 is 15.3 Å². The fourth-order valence-electron chi connectivity index (χ4n) is 0.877. The minimum absolute atomic E-state index is 0.303. The van der Waals surface area contributed by atoms with Gasteiger partial charge in [-0.3, -0.25) is 4.79 Å². The third-order valence-electron chi connectivity index (χ3n) is 1.76. The maximum atomic E-state index is 10.4. The van der Waals surface area contributed by atoms with Crippen LogP contribution >= 0.6 is 0 Å². The van der Waals surface area contributed by atoms with E-state index in [0.717, 1.165) is 5.56 Å². The molecule has 4 heteroatoms. The van der Waals surface area contributed by atoms with Gasteiger partial charge in [0.1, 0.15) is 11.5 Å². The van der Waals surface area contributed by atoms with Crippen LogP contribution in [-0.4, -0.2) is 11.1 Å². The summed E-state index contributed by atoms with van der Waals surface area (Å²) in [6.45, 7) is 3.62. The topological polar surface area (TPSA) is 76.5 Å². The van der Waals surface area contributed by atoms with Crippen molar-refractivity contribution in [2.45, 2.75) is 19.9 Å². The number of carbonyl (C=O) groups is 1. The highest BCUT2D eigenvalue weighted by atomic mass is 16.4. The van der Waals surface area contributed by atoms with E-state index in [1.54, 1.807) is 13.0 Å². The van der Waals surface area contributed by atoms with E-state index in [2.05, 4.69) is 0 Å². The van der Waals surface area contributed by atoms with Gasteiger partial charge in [-0.1, -0.05) is 0 Å². The van der Waals surface area contributed by atoms with Crippen molar-refractivity contribution in [3.8, 4) is 0 Å². The monoisotopic (exact) mass is 169 g/mol. The molecule has 0 spiro atoms. The molecule has 12 heavy (non-hydrogen) atoms. The Balaban J connectivity index is 2.96. The van der Waals surface area contributed by atoms with E-state index in [0.29, 0.717) is 11.5 Å². The van der Waals surface area contributed by atoms with E-state index in [1.165, 1.54) is 0 Å². The Bertz CT molecular complexity index is 284. The number of carboxylic acids is 1. The quantitative estimate of drug-likeness (QED) is 0.691. The summed E-state index contributed by atoms with van der Waals surface area (Å²) in [5, 5.41) is 8.55. The van der Waals surface area contributed by atoms with Gasteiger partial charge >= 0.3 is 5.97 Å². The maximum Gasteiger partial charge on any atom is 0.328 e. The van der Waals surface area contributed by atoms with Crippen LogP contribution in [0, 0.1) is 13.8 Å². The molecule has 0 bridgehead atoms. The molecule has 1 aromatic heterocycles. The van der Waals surface area contributed by atoms with Crippen LogP contribution in [0.5, 0.6) is 0 Å². The zero-order valence-electron chi connectivity index (χ0n) is 7.00. The van der Waals surface area contributed by atoms with Crippen LogP contribution in [0.1, 0.15) is 23.1 Å². The number of aryl methyl sites for hydroxylation is 2. The van der Waals surface area contributed by atoms with E-state index < -0.39 is 12.0 Å². The summed E-state index contributed by atoms with van der Waals surface area (Å²) in [4.78, 5) is 10.4. The molecule has 3 N–H and O–H groups in total. The molecule has 0 aliphatic rings. The molecule has 4 nitrogen and oxygen atoms in total. The zero-order chi connectivity index (χ0) is 9.30. The highest BCUT2D eigenvalue weighted by Crippen LogP contribution is 2.18. The lowest BCUT2D eigenvalue weighted by Crippen LogP contribution is -2.19. The average Bonchev–Trinajstić information content (AvgIpc) is 2.30. The van der Waals surface area contributed by atoms with E-state index in [1.807, 2.05) is 6.92 Å². The Morgan fingerprint density at radius 3 is 2.58 bits per heavy atom. The average molecular weight is 169 g/mol. The van der Waals surface area contributed by atoms with Gasteiger partial charge in [-0.05, 0) is 25.5 Å². The first-order chi connectivity index (χ1) is 5.52. The van der Waals surface area contributed by atoms with Gasteiger partial charge in [-0.25, -0.2) is 0 Å². The van der Waals surface area contributed by atoms with Crippen LogP contribution in [0.3, 0.4) is 0 Å². The van der Waals surface area contributed by atoms with E-state index in [9.17, 15) is 4.79 Å². The summed E-state index contributed by atoms with van der Waals surface area (Å²) in [6.07, 6.45) is 0. The number of aliphatic carboxylic acids is 1. The molecular weight excluding hydrogens is 158 g/mol. The molecule has 0 fully saturated rings. The number of nitrogens with two attached hydrogens (primary N) is 1. The summed E-state index contributed by atoms with van der Waals surface area (Å²) in [7, 11) is 0. The molecule has 0 aromatic carbocycles. The molecule has 0 amide bonds. The van der Waals surface area contributed by atoms with Gasteiger partial charge in [0.2, 0.25) is 0 Å². The molecule has 1 aromatic rings. The molecule has 0 aliphatic heterocycles. The second-order valence-corrected chi connectivity index (χ2v) is 2.70. The molecule has 66 valence electrons. The first kappa shape index (κ1) is 8.80. The molecule has 0 saturated carbocycles. The number of furan rings is 1. The van der Waals surface area contributed by atoms with E-state index >= 15 is 0 Å². The van der Waals surface area contributed by atoms with Crippen molar-refractivity contribution in [2.75, 3.05) is 0 Å². The van der Waals surface area contributed by atoms with Gasteiger partial charge in [0.15, 0.2) is 6.04 Å². The molecule has 1 atom stereocenters. The van der Waals surface area contributed by atoms with Crippen molar-refractivity contribution in [1.29, 1.82) is 0 Å². The van der Waals surface area contributed by atoms with Crippen molar-refractivity contribution in [3.63, 3.8) is 0 Å². The van der Waals surface area contributed by atoms with Crippen molar-refractivity contribution in [2.24, 2.45) is 5.73 Å². The lowest BCUT2D eigenvalue weighted by molar-refractivity contribution is -0.139. The van der Waals surface area contributed by atoms with Crippen LogP contribution in [-0.2, 0) is 4.79 Å². The predicted molar refractivity (Wildman–Crippen MR) is 42.7 cm³/mol. The number of rotatable bonds is 2. The maximum absolute atomic E-state index is 10.4. The Morgan fingerprint density at radius 2 is 2.25 bits per heavy atom. The molecule has 1 rings (SSSR count). The van der Waals surface area contributed by atoms with Crippen LogP contribution in [0.25, 0.3) is 0 Å². The van der Waals surface area contributed by atoms with Crippen LogP contribution in [0.15, 0.2) is 10.5 Å². The molecule has 0 aliphatic carbocycles. The summed E-state index contributed by atoms with van der Waals surface area (Å²) < 4.78 is 5.13. The molecule has 1 heterocycles. The fraction of sp³-hybridized carbons (Fsp3) is 0.375. The summed E-state index contributed by atoms with van der Waals surface area (Å²) in [5.41, 5.74) is 6.24. The smallest absolute Gasteiger partial charge is 0.328 e. The normalized spacial score (nSPS) is 12.9. The van der Waals surface area contributed by atoms with Crippen molar-refractivity contribution < 1.29 is 14.3 Å². The number of carboxylic acid groups (broad SMARTS) is 1. The number of hydrogen-bond donors (Lipinski definition) is 2. The third-order valence-corrected chi connectivity index (χ3v) is 1.76. The minimum atomic E-state index is -1.08. The van der Waals surface area contributed by atoms with Crippen LogP contribution in [0.4, 0.5) is 0 Å². The third kappa shape index (κ3) is 1.48. The molecular formula is C8H11NO3. The second kappa shape index (κ2) is 2.98. The SMILES string of the molecule is Cc1cc([C@H](N)C(=O)O)oc1C. The summed E-state index contributed by atoms with van der Waals surface area (Å²) >= 11 is 0. The van der Waals surface area contributed by atoms with Gasteiger partial charge in [-0.2, -0.15) is 0 Å². The Morgan fingerprint density at radius 1 is 1.67 bits per heavy atom. The Labute approximate surface area is 70.0 Å². The lowest BCUT2D eigenvalue weighted by Gasteiger charge is -2.00. The van der Waals surface area contributed by atoms with Crippen LogP contribution in [0.2, 0.25) is 0 Å². The van der Waals surface area contributed by atoms with Crippen molar-refractivity contribution in [1.82, 2.24) is 0 Å².